The van der Waals surface area contributed by atoms with Gasteiger partial charge in [0.1, 0.15) is 5.82 Å². The van der Waals surface area contributed by atoms with Gasteiger partial charge in [-0.1, -0.05) is 13.8 Å². The largest absolute Gasteiger partial charge is 0.384 e. The molecule has 2 heterocycles. The SMILES string of the molecule is Cc1cc(C(=O)N2CC(C)CC(C)C2C)cc(N)n1. The molecule has 3 unspecified atom stereocenters. The number of hydrogen-bond acceptors (Lipinski definition) is 3. The Morgan fingerprint density at radius 3 is 2.68 bits per heavy atom. The van der Waals surface area contributed by atoms with E-state index in [2.05, 4.69) is 25.8 Å². The number of aromatic nitrogens is 1. The van der Waals surface area contributed by atoms with Crippen LogP contribution in [0.25, 0.3) is 0 Å². The lowest BCUT2D eigenvalue weighted by molar-refractivity contribution is 0.0455. The molecule has 104 valence electrons. The highest BCUT2D eigenvalue weighted by atomic mass is 16.2. The molecular formula is C15H23N3O. The topological polar surface area (TPSA) is 59.2 Å². The van der Waals surface area contributed by atoms with Crippen LogP contribution in [0.4, 0.5) is 5.82 Å². The first kappa shape index (κ1) is 13.8. The zero-order valence-corrected chi connectivity index (χ0v) is 12.2. The molecule has 1 aromatic rings. The van der Waals surface area contributed by atoms with Gasteiger partial charge in [-0.25, -0.2) is 4.98 Å². The third kappa shape index (κ3) is 2.88. The van der Waals surface area contributed by atoms with Gasteiger partial charge < -0.3 is 10.6 Å². The number of pyridine rings is 1. The van der Waals surface area contributed by atoms with Gasteiger partial charge in [0.15, 0.2) is 0 Å². The lowest BCUT2D eigenvalue weighted by Gasteiger charge is -2.41. The van der Waals surface area contributed by atoms with Crippen LogP contribution in [-0.2, 0) is 0 Å². The fraction of sp³-hybridized carbons (Fsp3) is 0.600. The molecule has 4 nitrogen and oxygen atoms in total. The number of carbonyl (C=O) groups is 1. The van der Waals surface area contributed by atoms with E-state index in [0.29, 0.717) is 23.2 Å². The first-order chi connectivity index (χ1) is 8.88. The van der Waals surface area contributed by atoms with Crippen molar-refractivity contribution in [2.24, 2.45) is 11.8 Å². The summed E-state index contributed by atoms with van der Waals surface area (Å²) in [5.74, 6) is 1.57. The normalized spacial score (nSPS) is 27.4. The first-order valence-electron chi connectivity index (χ1n) is 6.93. The van der Waals surface area contributed by atoms with E-state index >= 15 is 0 Å². The highest BCUT2D eigenvalue weighted by Gasteiger charge is 2.32. The molecule has 0 aliphatic carbocycles. The van der Waals surface area contributed by atoms with Crippen molar-refractivity contribution in [3.63, 3.8) is 0 Å². The molecule has 3 atom stereocenters. The molecule has 1 saturated heterocycles. The summed E-state index contributed by atoms with van der Waals surface area (Å²) in [6.07, 6.45) is 1.18. The number of carbonyl (C=O) groups excluding carboxylic acids is 1. The summed E-state index contributed by atoms with van der Waals surface area (Å²) in [4.78, 5) is 18.7. The predicted octanol–water partition coefficient (Wildman–Crippen LogP) is 2.48. The number of nitrogens with zero attached hydrogens (tertiary/aromatic N) is 2. The van der Waals surface area contributed by atoms with Crippen molar-refractivity contribution in [1.29, 1.82) is 0 Å². The summed E-state index contributed by atoms with van der Waals surface area (Å²) in [7, 11) is 0. The zero-order valence-electron chi connectivity index (χ0n) is 12.2. The molecule has 19 heavy (non-hydrogen) atoms. The zero-order chi connectivity index (χ0) is 14.2. The first-order valence-corrected chi connectivity index (χ1v) is 6.93. The molecule has 0 spiro atoms. The van der Waals surface area contributed by atoms with Gasteiger partial charge in [0, 0.05) is 23.8 Å². The molecule has 0 saturated carbocycles. The number of piperidine rings is 1. The highest BCUT2D eigenvalue weighted by Crippen LogP contribution is 2.28. The average molecular weight is 261 g/mol. The summed E-state index contributed by atoms with van der Waals surface area (Å²) in [5, 5.41) is 0. The van der Waals surface area contributed by atoms with Gasteiger partial charge >= 0.3 is 0 Å². The summed E-state index contributed by atoms with van der Waals surface area (Å²) in [5.41, 5.74) is 7.17. The van der Waals surface area contributed by atoms with E-state index in [1.807, 2.05) is 17.9 Å². The van der Waals surface area contributed by atoms with Gasteiger partial charge in [-0.05, 0) is 44.2 Å². The maximum Gasteiger partial charge on any atom is 0.254 e. The predicted molar refractivity (Wildman–Crippen MR) is 76.8 cm³/mol. The van der Waals surface area contributed by atoms with Crippen LogP contribution in [0.15, 0.2) is 12.1 Å². The fourth-order valence-electron chi connectivity index (χ4n) is 2.97. The number of nitrogens with two attached hydrogens (primary N) is 1. The van der Waals surface area contributed by atoms with Crippen LogP contribution in [0.5, 0.6) is 0 Å². The summed E-state index contributed by atoms with van der Waals surface area (Å²) >= 11 is 0. The van der Waals surface area contributed by atoms with Crippen LogP contribution >= 0.6 is 0 Å². The second-order valence-electron chi connectivity index (χ2n) is 5.94. The van der Waals surface area contributed by atoms with Crippen LogP contribution in [0.1, 0.15) is 43.2 Å². The average Bonchev–Trinajstić information content (AvgIpc) is 2.31. The highest BCUT2D eigenvalue weighted by molar-refractivity contribution is 5.95. The minimum absolute atomic E-state index is 0.0723. The third-order valence-electron chi connectivity index (χ3n) is 4.08. The number of aryl methyl sites for hydroxylation is 1. The van der Waals surface area contributed by atoms with Crippen molar-refractivity contribution in [2.45, 2.75) is 40.2 Å². The van der Waals surface area contributed by atoms with E-state index in [-0.39, 0.29) is 11.9 Å². The Kier molecular flexibility index (Phi) is 3.78. The molecular weight excluding hydrogens is 238 g/mol. The minimum Gasteiger partial charge on any atom is -0.384 e. The molecule has 2 rings (SSSR count). The van der Waals surface area contributed by atoms with Crippen LogP contribution < -0.4 is 5.73 Å². The van der Waals surface area contributed by atoms with Gasteiger partial charge in [-0.3, -0.25) is 4.79 Å². The van der Waals surface area contributed by atoms with E-state index in [4.69, 9.17) is 5.73 Å². The molecule has 1 amide bonds. The second-order valence-corrected chi connectivity index (χ2v) is 5.94. The van der Waals surface area contributed by atoms with E-state index in [9.17, 15) is 4.79 Å². The second kappa shape index (κ2) is 5.19. The Morgan fingerprint density at radius 2 is 2.05 bits per heavy atom. The van der Waals surface area contributed by atoms with Crippen molar-refractivity contribution in [3.05, 3.63) is 23.4 Å². The summed E-state index contributed by atoms with van der Waals surface area (Å²) in [6.45, 7) is 9.23. The van der Waals surface area contributed by atoms with Gasteiger partial charge in [0.05, 0.1) is 0 Å². The quantitative estimate of drug-likeness (QED) is 0.845. The van der Waals surface area contributed by atoms with Crippen molar-refractivity contribution >= 4 is 11.7 Å². The Balaban J connectivity index is 2.27. The molecule has 0 bridgehead atoms. The monoisotopic (exact) mass is 261 g/mol. The Bertz CT molecular complexity index is 466. The van der Waals surface area contributed by atoms with E-state index in [1.54, 1.807) is 6.07 Å². The number of anilines is 1. The summed E-state index contributed by atoms with van der Waals surface area (Å²) in [6, 6.07) is 3.76. The molecule has 0 radical (unpaired) electrons. The Hall–Kier alpha value is -1.58. The van der Waals surface area contributed by atoms with Crippen molar-refractivity contribution in [2.75, 3.05) is 12.3 Å². The lowest BCUT2D eigenvalue weighted by Crippen LogP contribution is -2.48. The standard InChI is InChI=1S/C15H23N3O/c1-9-5-10(2)12(4)18(8-9)15(19)13-6-11(3)17-14(16)7-13/h6-7,9-10,12H,5,8H2,1-4H3,(H2,16,17). The smallest absolute Gasteiger partial charge is 0.254 e. The maximum atomic E-state index is 12.6. The van der Waals surface area contributed by atoms with Gasteiger partial charge in [-0.2, -0.15) is 0 Å². The van der Waals surface area contributed by atoms with Gasteiger partial charge in [-0.15, -0.1) is 0 Å². The molecule has 1 fully saturated rings. The van der Waals surface area contributed by atoms with Gasteiger partial charge in [0.2, 0.25) is 0 Å². The van der Waals surface area contributed by atoms with Crippen molar-refractivity contribution < 1.29 is 4.79 Å². The minimum atomic E-state index is 0.0723. The number of likely N-dealkylation sites (tertiary alicyclic amines) is 1. The molecule has 1 aliphatic heterocycles. The number of hydrogen-bond donors (Lipinski definition) is 1. The van der Waals surface area contributed by atoms with Crippen molar-refractivity contribution in [3.8, 4) is 0 Å². The number of rotatable bonds is 1. The maximum absolute atomic E-state index is 12.6. The molecule has 2 N–H and O–H groups in total. The van der Waals surface area contributed by atoms with Crippen molar-refractivity contribution in [1.82, 2.24) is 9.88 Å². The molecule has 4 heteroatoms. The van der Waals surface area contributed by atoms with Crippen LogP contribution in [0.3, 0.4) is 0 Å². The molecule has 1 aromatic heterocycles. The third-order valence-corrected chi connectivity index (χ3v) is 4.08. The number of nitrogen functional groups attached to an aromatic ring is 1. The van der Waals surface area contributed by atoms with E-state index in [1.165, 1.54) is 6.42 Å². The Morgan fingerprint density at radius 1 is 1.37 bits per heavy atom. The van der Waals surface area contributed by atoms with Crippen LogP contribution in [0, 0.1) is 18.8 Å². The fourth-order valence-corrected chi connectivity index (χ4v) is 2.97. The van der Waals surface area contributed by atoms with E-state index < -0.39 is 0 Å². The Labute approximate surface area is 115 Å². The van der Waals surface area contributed by atoms with Crippen LogP contribution in [-0.4, -0.2) is 28.4 Å². The molecule has 1 aliphatic rings. The lowest BCUT2D eigenvalue weighted by atomic mass is 9.85. The van der Waals surface area contributed by atoms with E-state index in [0.717, 1.165) is 12.2 Å². The number of amides is 1. The van der Waals surface area contributed by atoms with Gasteiger partial charge in [0.25, 0.3) is 5.91 Å². The van der Waals surface area contributed by atoms with Crippen LogP contribution in [0.2, 0.25) is 0 Å². The summed E-state index contributed by atoms with van der Waals surface area (Å²) < 4.78 is 0. The molecule has 0 aromatic carbocycles.